The van der Waals surface area contributed by atoms with E-state index < -0.39 is 0 Å². The molecule has 0 aliphatic carbocycles. The van der Waals surface area contributed by atoms with Crippen LogP contribution in [0.2, 0.25) is 0 Å². The number of likely N-dealkylation sites (tertiary alicyclic amines) is 1. The molecule has 1 amide bonds. The summed E-state index contributed by atoms with van der Waals surface area (Å²) in [4.78, 5) is 16.5. The number of benzene rings is 2. The Labute approximate surface area is 149 Å². The Bertz CT molecular complexity index is 648. The van der Waals surface area contributed by atoms with Crippen molar-refractivity contribution in [1.29, 1.82) is 0 Å². The molecule has 0 unspecified atom stereocenters. The standard InChI is InChI=1S/C21H25NOS/c1-16-13-17(2)15-22(14-16)21(23)20(18-9-5-3-6-10-18)24-19-11-7-4-8-12-19/h3-12,16-17,20H,13-15H2,1-2H3/t16-,17+,20-/m1/s1. The topological polar surface area (TPSA) is 20.3 Å². The maximum Gasteiger partial charge on any atom is 0.240 e. The van der Waals surface area contributed by atoms with Gasteiger partial charge in [-0.3, -0.25) is 4.79 Å². The molecule has 2 aromatic rings. The second-order valence-corrected chi connectivity index (χ2v) is 8.09. The van der Waals surface area contributed by atoms with Crippen LogP contribution in [0.4, 0.5) is 0 Å². The number of carbonyl (C=O) groups is 1. The molecule has 0 bridgehead atoms. The van der Waals surface area contributed by atoms with Gasteiger partial charge in [-0.2, -0.15) is 0 Å². The summed E-state index contributed by atoms with van der Waals surface area (Å²) in [5.74, 6) is 1.40. The summed E-state index contributed by atoms with van der Waals surface area (Å²) in [5, 5.41) is -0.175. The molecule has 3 rings (SSSR count). The maximum atomic E-state index is 13.3. The highest BCUT2D eigenvalue weighted by Gasteiger charge is 2.31. The van der Waals surface area contributed by atoms with Crippen LogP contribution in [-0.4, -0.2) is 23.9 Å². The number of piperidine rings is 1. The Morgan fingerprint density at radius 3 is 2.08 bits per heavy atom. The van der Waals surface area contributed by atoms with Crippen LogP contribution in [0.15, 0.2) is 65.6 Å². The van der Waals surface area contributed by atoms with Gasteiger partial charge in [0.1, 0.15) is 5.25 Å². The van der Waals surface area contributed by atoms with Gasteiger partial charge in [-0.05, 0) is 36.0 Å². The molecule has 3 atom stereocenters. The quantitative estimate of drug-likeness (QED) is 0.729. The van der Waals surface area contributed by atoms with Crippen molar-refractivity contribution in [2.24, 2.45) is 11.8 Å². The summed E-state index contributed by atoms with van der Waals surface area (Å²) in [6.45, 7) is 6.25. The number of thioether (sulfide) groups is 1. The molecule has 0 saturated carbocycles. The molecule has 1 aliphatic heterocycles. The van der Waals surface area contributed by atoms with Crippen molar-refractivity contribution in [1.82, 2.24) is 4.90 Å². The van der Waals surface area contributed by atoms with Gasteiger partial charge in [0.2, 0.25) is 5.91 Å². The van der Waals surface area contributed by atoms with Gasteiger partial charge in [-0.1, -0.05) is 62.4 Å². The van der Waals surface area contributed by atoms with Crippen LogP contribution in [0.3, 0.4) is 0 Å². The first-order valence-corrected chi connectivity index (χ1v) is 9.57. The predicted octanol–water partition coefficient (Wildman–Crippen LogP) is 5.02. The van der Waals surface area contributed by atoms with Crippen molar-refractivity contribution in [2.75, 3.05) is 13.1 Å². The van der Waals surface area contributed by atoms with Gasteiger partial charge in [-0.15, -0.1) is 11.8 Å². The van der Waals surface area contributed by atoms with E-state index in [4.69, 9.17) is 0 Å². The highest BCUT2D eigenvalue weighted by atomic mass is 32.2. The van der Waals surface area contributed by atoms with Gasteiger partial charge >= 0.3 is 0 Å². The Kier molecular flexibility index (Phi) is 5.62. The van der Waals surface area contributed by atoms with Gasteiger partial charge in [0.05, 0.1) is 0 Å². The molecule has 1 saturated heterocycles. The third kappa shape index (κ3) is 4.21. The van der Waals surface area contributed by atoms with Gasteiger partial charge in [0.15, 0.2) is 0 Å². The Balaban J connectivity index is 1.85. The minimum Gasteiger partial charge on any atom is -0.341 e. The lowest BCUT2D eigenvalue weighted by Crippen LogP contribution is -2.44. The van der Waals surface area contributed by atoms with E-state index in [2.05, 4.69) is 43.0 Å². The molecule has 2 aromatic carbocycles. The zero-order chi connectivity index (χ0) is 16.9. The lowest BCUT2D eigenvalue weighted by molar-refractivity contribution is -0.133. The summed E-state index contributed by atoms with van der Waals surface area (Å²) in [6, 6.07) is 20.4. The van der Waals surface area contributed by atoms with Crippen LogP contribution in [0.1, 0.15) is 31.1 Å². The first-order valence-electron chi connectivity index (χ1n) is 8.69. The molecule has 3 heteroatoms. The molecule has 0 N–H and O–H groups in total. The summed E-state index contributed by atoms with van der Waals surface area (Å²) >= 11 is 1.65. The fourth-order valence-corrected chi connectivity index (χ4v) is 4.66. The van der Waals surface area contributed by atoms with E-state index >= 15 is 0 Å². The molecule has 0 aromatic heterocycles. The Morgan fingerprint density at radius 2 is 1.50 bits per heavy atom. The van der Waals surface area contributed by atoms with Gasteiger partial charge in [0.25, 0.3) is 0 Å². The van der Waals surface area contributed by atoms with E-state index in [-0.39, 0.29) is 11.2 Å². The van der Waals surface area contributed by atoms with Crippen LogP contribution < -0.4 is 0 Å². The molecule has 2 nitrogen and oxygen atoms in total. The lowest BCUT2D eigenvalue weighted by atomic mass is 9.91. The van der Waals surface area contributed by atoms with E-state index in [9.17, 15) is 4.79 Å². The van der Waals surface area contributed by atoms with E-state index in [1.165, 1.54) is 6.42 Å². The number of amides is 1. The van der Waals surface area contributed by atoms with E-state index in [1.807, 2.05) is 36.4 Å². The summed E-state index contributed by atoms with van der Waals surface area (Å²) in [7, 11) is 0. The smallest absolute Gasteiger partial charge is 0.240 e. The van der Waals surface area contributed by atoms with Gasteiger partial charge in [-0.25, -0.2) is 0 Å². The lowest BCUT2D eigenvalue weighted by Gasteiger charge is -2.37. The van der Waals surface area contributed by atoms with Crippen LogP contribution in [0.25, 0.3) is 0 Å². The zero-order valence-electron chi connectivity index (χ0n) is 14.4. The third-order valence-corrected chi connectivity index (χ3v) is 5.76. The second-order valence-electron chi connectivity index (χ2n) is 6.91. The fraction of sp³-hybridized carbons (Fsp3) is 0.381. The maximum absolute atomic E-state index is 13.3. The number of hydrogen-bond acceptors (Lipinski definition) is 2. The normalized spacial score (nSPS) is 22.2. The number of rotatable bonds is 4. The first-order chi connectivity index (χ1) is 11.6. The molecule has 1 heterocycles. The summed E-state index contributed by atoms with van der Waals surface area (Å²) in [5.41, 5.74) is 1.09. The van der Waals surface area contributed by atoms with Crippen molar-refractivity contribution >= 4 is 17.7 Å². The largest absolute Gasteiger partial charge is 0.341 e. The van der Waals surface area contributed by atoms with Crippen LogP contribution in [0.5, 0.6) is 0 Å². The van der Waals surface area contributed by atoms with Gasteiger partial charge in [0, 0.05) is 18.0 Å². The SMILES string of the molecule is C[C@@H]1C[C@H](C)CN(C(=O)[C@H](Sc2ccccc2)c2ccccc2)C1. The molecule has 126 valence electrons. The summed E-state index contributed by atoms with van der Waals surface area (Å²) in [6.07, 6.45) is 1.21. The molecule has 0 radical (unpaired) electrons. The zero-order valence-corrected chi connectivity index (χ0v) is 15.2. The summed E-state index contributed by atoms with van der Waals surface area (Å²) < 4.78 is 0. The van der Waals surface area contributed by atoms with E-state index in [0.29, 0.717) is 11.8 Å². The number of hydrogen-bond donors (Lipinski definition) is 0. The van der Waals surface area contributed by atoms with Crippen molar-refractivity contribution in [3.05, 3.63) is 66.2 Å². The van der Waals surface area contributed by atoms with E-state index in [1.54, 1.807) is 11.8 Å². The van der Waals surface area contributed by atoms with Gasteiger partial charge < -0.3 is 4.90 Å². The van der Waals surface area contributed by atoms with Crippen LogP contribution in [0, 0.1) is 11.8 Å². The Hall–Kier alpha value is -1.74. The van der Waals surface area contributed by atoms with Crippen molar-refractivity contribution in [2.45, 2.75) is 30.4 Å². The molecular formula is C21H25NOS. The molecule has 1 fully saturated rings. The van der Waals surface area contributed by atoms with Crippen LogP contribution in [-0.2, 0) is 4.79 Å². The highest BCUT2D eigenvalue weighted by Crippen LogP contribution is 2.37. The van der Waals surface area contributed by atoms with Crippen LogP contribution >= 0.6 is 11.8 Å². The minimum absolute atomic E-state index is 0.175. The third-order valence-electron chi connectivity index (χ3n) is 4.50. The monoisotopic (exact) mass is 339 g/mol. The average molecular weight is 340 g/mol. The molecular weight excluding hydrogens is 314 g/mol. The predicted molar refractivity (Wildman–Crippen MR) is 101 cm³/mol. The number of nitrogens with zero attached hydrogens (tertiary/aromatic N) is 1. The van der Waals surface area contributed by atoms with Crippen molar-refractivity contribution in [3.8, 4) is 0 Å². The minimum atomic E-state index is -0.175. The number of carbonyl (C=O) groups excluding carboxylic acids is 1. The average Bonchev–Trinajstić information content (AvgIpc) is 2.60. The second kappa shape index (κ2) is 7.89. The van der Waals surface area contributed by atoms with E-state index in [0.717, 1.165) is 23.5 Å². The van der Waals surface area contributed by atoms with Crippen molar-refractivity contribution in [3.63, 3.8) is 0 Å². The first kappa shape index (κ1) is 17.1. The molecule has 1 aliphatic rings. The molecule has 0 spiro atoms. The Morgan fingerprint density at radius 1 is 0.958 bits per heavy atom. The highest BCUT2D eigenvalue weighted by molar-refractivity contribution is 8.00. The fourth-order valence-electron chi connectivity index (χ4n) is 3.53. The molecule has 24 heavy (non-hydrogen) atoms. The van der Waals surface area contributed by atoms with Crippen molar-refractivity contribution < 1.29 is 4.79 Å².